The Morgan fingerprint density at radius 3 is 2.59 bits per heavy atom. The van der Waals surface area contributed by atoms with Crippen molar-refractivity contribution in [2.45, 2.75) is 11.4 Å². The molecule has 8 heteroatoms. The molecule has 1 saturated heterocycles. The molecule has 3 aromatic rings. The Morgan fingerprint density at radius 2 is 1.81 bits per heavy atom. The molecule has 1 fully saturated rings. The number of hydrogen-bond donors (Lipinski definition) is 0. The first kappa shape index (κ1) is 20.5. The van der Waals surface area contributed by atoms with Crippen LogP contribution >= 0.6 is 11.8 Å². The Labute approximate surface area is 187 Å². The maximum Gasteiger partial charge on any atom is 0.269 e. The highest BCUT2D eigenvalue weighted by molar-refractivity contribution is 8.02. The minimum atomic E-state index is -1.38. The number of amides is 2. The lowest BCUT2D eigenvalue weighted by Crippen LogP contribution is -2.49. The quantitative estimate of drug-likeness (QED) is 0.587. The molecule has 1 spiro atoms. The minimum absolute atomic E-state index is 0.0477. The average Bonchev–Trinajstić information content (AvgIpc) is 3.27. The molecule has 0 aliphatic carbocycles. The number of carbonyl (C=O) groups excluding carboxylic acids is 2. The monoisotopic (exact) mass is 452 g/mol. The van der Waals surface area contributed by atoms with E-state index in [9.17, 15) is 18.4 Å². The summed E-state index contributed by atoms with van der Waals surface area (Å²) in [6.07, 6.45) is 0. The van der Waals surface area contributed by atoms with Crippen molar-refractivity contribution < 1.29 is 23.1 Å². The first-order valence-electron chi connectivity index (χ1n) is 9.92. The van der Waals surface area contributed by atoms with Gasteiger partial charge in [-0.3, -0.25) is 14.5 Å². The highest BCUT2D eigenvalue weighted by Gasteiger charge is 2.61. The number of fused-ring (bicyclic) bond motifs is 2. The second kappa shape index (κ2) is 7.63. The van der Waals surface area contributed by atoms with Crippen LogP contribution in [0.2, 0.25) is 0 Å². The number of carbonyl (C=O) groups is 2. The Kier molecular flexibility index (Phi) is 4.89. The van der Waals surface area contributed by atoms with E-state index in [1.165, 1.54) is 22.7 Å². The van der Waals surface area contributed by atoms with Crippen LogP contribution in [0.25, 0.3) is 0 Å². The number of ether oxygens (including phenoxy) is 1. The highest BCUT2D eigenvalue weighted by atomic mass is 32.2. The zero-order valence-corrected chi connectivity index (χ0v) is 17.9. The van der Waals surface area contributed by atoms with Gasteiger partial charge in [0, 0.05) is 17.3 Å². The summed E-state index contributed by atoms with van der Waals surface area (Å²) in [6, 6.07) is 17.9. The summed E-state index contributed by atoms with van der Waals surface area (Å²) >= 11 is 1.19. The van der Waals surface area contributed by atoms with Crippen molar-refractivity contribution in [1.82, 2.24) is 0 Å². The summed E-state index contributed by atoms with van der Waals surface area (Å²) in [7, 11) is 1.57. The molecule has 0 N–H and O–H groups in total. The van der Waals surface area contributed by atoms with Crippen molar-refractivity contribution in [3.63, 3.8) is 0 Å². The van der Waals surface area contributed by atoms with Gasteiger partial charge in [-0.25, -0.2) is 8.78 Å². The molecular weight excluding hydrogens is 434 g/mol. The van der Waals surface area contributed by atoms with Gasteiger partial charge in [0.2, 0.25) is 10.8 Å². The molecule has 32 heavy (non-hydrogen) atoms. The van der Waals surface area contributed by atoms with Crippen molar-refractivity contribution in [2.75, 3.05) is 22.7 Å². The zero-order valence-electron chi connectivity index (χ0n) is 17.0. The van der Waals surface area contributed by atoms with E-state index in [-0.39, 0.29) is 29.8 Å². The number of halogens is 2. The van der Waals surface area contributed by atoms with Crippen molar-refractivity contribution >= 4 is 35.0 Å². The number of thioether (sulfide) groups is 1. The van der Waals surface area contributed by atoms with E-state index < -0.39 is 16.5 Å². The smallest absolute Gasteiger partial charge is 0.269 e. The van der Waals surface area contributed by atoms with E-state index in [0.717, 1.165) is 17.7 Å². The van der Waals surface area contributed by atoms with Crippen LogP contribution in [0.15, 0.2) is 66.7 Å². The van der Waals surface area contributed by atoms with Gasteiger partial charge in [-0.2, -0.15) is 0 Å². The molecule has 2 aliphatic rings. The number of rotatable bonds is 4. The van der Waals surface area contributed by atoms with Crippen LogP contribution in [0.5, 0.6) is 5.75 Å². The summed E-state index contributed by atoms with van der Waals surface area (Å²) < 4.78 is 32.9. The molecule has 0 saturated carbocycles. The Morgan fingerprint density at radius 1 is 1.00 bits per heavy atom. The molecule has 0 radical (unpaired) electrons. The molecule has 5 nitrogen and oxygen atoms in total. The molecule has 3 aromatic carbocycles. The van der Waals surface area contributed by atoms with Crippen LogP contribution in [0.1, 0.15) is 11.1 Å². The van der Waals surface area contributed by atoms with Crippen molar-refractivity contribution in [3.8, 4) is 5.75 Å². The normalized spacial score (nSPS) is 19.7. The summed E-state index contributed by atoms with van der Waals surface area (Å²) in [4.78, 5) is 28.4. The summed E-state index contributed by atoms with van der Waals surface area (Å²) in [5, 5.41) is 0. The summed E-state index contributed by atoms with van der Waals surface area (Å²) in [6.45, 7) is 0.273. The first-order chi connectivity index (χ1) is 15.5. The maximum atomic E-state index is 14.0. The highest BCUT2D eigenvalue weighted by Crippen LogP contribution is 2.56. The third-order valence-corrected chi connectivity index (χ3v) is 7.09. The predicted octanol–water partition coefficient (Wildman–Crippen LogP) is 4.45. The van der Waals surface area contributed by atoms with Crippen LogP contribution in [0, 0.1) is 11.6 Å². The van der Waals surface area contributed by atoms with Crippen LogP contribution < -0.4 is 14.5 Å². The molecule has 2 aliphatic heterocycles. The molecule has 2 heterocycles. The first-order valence-corrected chi connectivity index (χ1v) is 10.9. The van der Waals surface area contributed by atoms with Crippen molar-refractivity contribution in [3.05, 3.63) is 89.5 Å². The van der Waals surface area contributed by atoms with Gasteiger partial charge in [0.25, 0.3) is 5.91 Å². The molecule has 162 valence electrons. The van der Waals surface area contributed by atoms with Crippen molar-refractivity contribution in [1.29, 1.82) is 0 Å². The van der Waals surface area contributed by atoms with Gasteiger partial charge >= 0.3 is 0 Å². The third-order valence-electron chi connectivity index (χ3n) is 5.70. The topological polar surface area (TPSA) is 49.9 Å². The summed E-state index contributed by atoms with van der Waals surface area (Å²) in [5.41, 5.74) is 2.33. The number of methoxy groups -OCH3 is 1. The van der Waals surface area contributed by atoms with E-state index in [1.807, 2.05) is 36.4 Å². The second-order valence-corrected chi connectivity index (χ2v) is 8.69. The van der Waals surface area contributed by atoms with E-state index in [2.05, 4.69) is 0 Å². The Bertz CT molecular complexity index is 1250. The lowest BCUT2D eigenvalue weighted by Gasteiger charge is -2.33. The van der Waals surface area contributed by atoms with Gasteiger partial charge in [-0.1, -0.05) is 30.3 Å². The van der Waals surface area contributed by atoms with Gasteiger partial charge in [-0.15, -0.1) is 11.8 Å². The molecule has 0 unspecified atom stereocenters. The molecule has 1 atom stereocenters. The van der Waals surface area contributed by atoms with Gasteiger partial charge < -0.3 is 9.64 Å². The Balaban J connectivity index is 1.63. The van der Waals surface area contributed by atoms with Crippen LogP contribution in [0.4, 0.5) is 20.2 Å². The van der Waals surface area contributed by atoms with E-state index in [0.29, 0.717) is 17.0 Å². The Hall–Kier alpha value is -3.39. The minimum Gasteiger partial charge on any atom is -0.497 e. The number of anilines is 2. The van der Waals surface area contributed by atoms with E-state index in [1.54, 1.807) is 24.1 Å². The van der Waals surface area contributed by atoms with Gasteiger partial charge in [0.15, 0.2) is 11.6 Å². The number of nitrogens with zero attached hydrogens (tertiary/aromatic N) is 2. The van der Waals surface area contributed by atoms with Crippen molar-refractivity contribution in [2.24, 2.45) is 0 Å². The SMILES string of the molecule is COc1cccc(CN2C(=O)[C@]3(SCC(=O)N3c3ccc(F)c(F)c3)c3ccccc32)c1. The maximum absolute atomic E-state index is 14.0. The molecule has 0 bridgehead atoms. The fourth-order valence-corrected chi connectivity index (χ4v) is 5.65. The fraction of sp³-hybridized carbons (Fsp3) is 0.167. The largest absolute Gasteiger partial charge is 0.497 e. The lowest BCUT2D eigenvalue weighted by atomic mass is 10.0. The number of para-hydroxylation sites is 1. The standard InChI is InChI=1S/C24H18F2N2O3S/c1-31-17-6-4-5-15(11-17)13-27-21-8-3-2-7-18(21)24(23(27)30)28(22(29)14-32-24)16-9-10-19(25)20(26)12-16/h2-12H,13-14H2,1H3/t24-/m1/s1. The second-order valence-electron chi connectivity index (χ2n) is 7.52. The van der Waals surface area contributed by atoms with E-state index in [4.69, 9.17) is 4.74 Å². The lowest BCUT2D eigenvalue weighted by molar-refractivity contribution is -0.123. The molecule has 2 amide bonds. The number of benzene rings is 3. The van der Waals surface area contributed by atoms with Gasteiger partial charge in [0.1, 0.15) is 5.75 Å². The fourth-order valence-electron chi connectivity index (χ4n) is 4.29. The third kappa shape index (κ3) is 2.97. The average molecular weight is 452 g/mol. The molecule has 5 rings (SSSR count). The molecule has 0 aromatic heterocycles. The predicted molar refractivity (Wildman–Crippen MR) is 119 cm³/mol. The van der Waals surface area contributed by atoms with Crippen LogP contribution in [-0.2, 0) is 21.0 Å². The van der Waals surface area contributed by atoms with Crippen LogP contribution in [0.3, 0.4) is 0 Å². The van der Waals surface area contributed by atoms with Gasteiger partial charge in [-0.05, 0) is 35.9 Å². The van der Waals surface area contributed by atoms with Gasteiger partial charge in [0.05, 0.1) is 25.1 Å². The molecular formula is C24H18F2N2O3S. The summed E-state index contributed by atoms with van der Waals surface area (Å²) in [5.74, 6) is -2.01. The van der Waals surface area contributed by atoms with Crippen LogP contribution in [-0.4, -0.2) is 24.7 Å². The number of hydrogen-bond acceptors (Lipinski definition) is 4. The zero-order chi connectivity index (χ0) is 22.5. The van der Waals surface area contributed by atoms with E-state index >= 15 is 0 Å².